The molecule has 0 radical (unpaired) electrons. The van der Waals surface area contributed by atoms with Crippen molar-refractivity contribution in [1.29, 1.82) is 0 Å². The molecule has 0 spiro atoms. The Morgan fingerprint density at radius 1 is 1.47 bits per heavy atom. The molecule has 0 bridgehead atoms. The summed E-state index contributed by atoms with van der Waals surface area (Å²) in [4.78, 5) is 12.3. The van der Waals surface area contributed by atoms with E-state index in [1.807, 2.05) is 31.2 Å². The molecule has 3 atom stereocenters. The normalized spacial score (nSPS) is 24.8. The zero-order valence-electron chi connectivity index (χ0n) is 11.4. The van der Waals surface area contributed by atoms with Gasteiger partial charge in [-0.15, -0.1) is 0 Å². The highest BCUT2D eigenvalue weighted by atomic mass is 79.9. The molecule has 0 saturated carbocycles. The van der Waals surface area contributed by atoms with E-state index < -0.39 is 0 Å². The molecule has 1 aromatic rings. The SMILES string of the molecule is CC1CCCNC1C(=O)N[C@@H](C)c1ccccc1Br. The minimum Gasteiger partial charge on any atom is -0.348 e. The first-order valence-electron chi connectivity index (χ1n) is 6.87. The van der Waals surface area contributed by atoms with Gasteiger partial charge in [-0.1, -0.05) is 41.1 Å². The molecule has 1 aliphatic heterocycles. The van der Waals surface area contributed by atoms with Crippen LogP contribution in [-0.2, 0) is 4.79 Å². The maximum absolute atomic E-state index is 12.3. The number of carbonyl (C=O) groups is 1. The highest BCUT2D eigenvalue weighted by Crippen LogP contribution is 2.23. The molecule has 1 fully saturated rings. The first-order chi connectivity index (χ1) is 9.09. The average Bonchev–Trinajstić information content (AvgIpc) is 2.39. The van der Waals surface area contributed by atoms with Crippen molar-refractivity contribution >= 4 is 21.8 Å². The van der Waals surface area contributed by atoms with Crippen molar-refractivity contribution in [3.05, 3.63) is 34.3 Å². The molecule has 0 aromatic heterocycles. The molecule has 1 aliphatic rings. The lowest BCUT2D eigenvalue weighted by molar-refractivity contribution is -0.125. The van der Waals surface area contributed by atoms with Crippen LogP contribution in [0.4, 0.5) is 0 Å². The molecule has 1 aromatic carbocycles. The van der Waals surface area contributed by atoms with Gasteiger partial charge in [0, 0.05) is 4.47 Å². The molecule has 2 N–H and O–H groups in total. The Balaban J connectivity index is 2.00. The van der Waals surface area contributed by atoms with Crippen LogP contribution in [0.3, 0.4) is 0 Å². The summed E-state index contributed by atoms with van der Waals surface area (Å²) in [5.41, 5.74) is 1.11. The minimum atomic E-state index is -0.0568. The number of hydrogen-bond donors (Lipinski definition) is 2. The first-order valence-corrected chi connectivity index (χ1v) is 7.67. The van der Waals surface area contributed by atoms with Crippen LogP contribution < -0.4 is 10.6 Å². The van der Waals surface area contributed by atoms with Crippen molar-refractivity contribution in [2.45, 2.75) is 38.8 Å². The molecule has 2 rings (SSSR count). The van der Waals surface area contributed by atoms with E-state index in [1.54, 1.807) is 0 Å². The molecule has 1 heterocycles. The van der Waals surface area contributed by atoms with Gasteiger partial charge in [0.25, 0.3) is 0 Å². The Hall–Kier alpha value is -0.870. The van der Waals surface area contributed by atoms with Gasteiger partial charge in [-0.25, -0.2) is 0 Å². The van der Waals surface area contributed by atoms with Crippen molar-refractivity contribution in [2.75, 3.05) is 6.54 Å². The van der Waals surface area contributed by atoms with Crippen LogP contribution >= 0.6 is 15.9 Å². The lowest BCUT2D eigenvalue weighted by Crippen LogP contribution is -2.51. The summed E-state index contributed by atoms with van der Waals surface area (Å²) in [5, 5.41) is 6.42. The van der Waals surface area contributed by atoms with Crippen LogP contribution in [0.1, 0.15) is 38.3 Å². The zero-order valence-corrected chi connectivity index (χ0v) is 13.0. The molecule has 4 heteroatoms. The van der Waals surface area contributed by atoms with Gasteiger partial charge in [-0.05, 0) is 43.9 Å². The van der Waals surface area contributed by atoms with Gasteiger partial charge < -0.3 is 10.6 Å². The largest absolute Gasteiger partial charge is 0.348 e. The fraction of sp³-hybridized carbons (Fsp3) is 0.533. The molecule has 1 saturated heterocycles. The summed E-state index contributed by atoms with van der Waals surface area (Å²) in [6.07, 6.45) is 2.28. The Kier molecular flexibility index (Phi) is 4.99. The third kappa shape index (κ3) is 3.57. The predicted molar refractivity (Wildman–Crippen MR) is 80.9 cm³/mol. The maximum atomic E-state index is 12.3. The molecule has 0 aliphatic carbocycles. The van der Waals surface area contributed by atoms with Crippen molar-refractivity contribution in [2.24, 2.45) is 5.92 Å². The molecule has 3 nitrogen and oxygen atoms in total. The Morgan fingerprint density at radius 3 is 2.89 bits per heavy atom. The van der Waals surface area contributed by atoms with E-state index in [0.717, 1.165) is 29.4 Å². The number of nitrogens with one attached hydrogen (secondary N) is 2. The second kappa shape index (κ2) is 6.53. The van der Waals surface area contributed by atoms with E-state index >= 15 is 0 Å². The van der Waals surface area contributed by atoms with Crippen LogP contribution in [0.25, 0.3) is 0 Å². The third-order valence-corrected chi connectivity index (χ3v) is 4.50. The number of halogens is 1. The van der Waals surface area contributed by atoms with Crippen LogP contribution in [0, 0.1) is 5.92 Å². The van der Waals surface area contributed by atoms with Gasteiger partial charge in [0.2, 0.25) is 5.91 Å². The van der Waals surface area contributed by atoms with Gasteiger partial charge in [0.05, 0.1) is 12.1 Å². The van der Waals surface area contributed by atoms with Crippen molar-refractivity contribution in [3.8, 4) is 0 Å². The Bertz CT molecular complexity index is 450. The minimum absolute atomic E-state index is 0.0130. The molecule has 2 unspecified atom stereocenters. The fourth-order valence-corrected chi connectivity index (χ4v) is 3.24. The fourth-order valence-electron chi connectivity index (χ4n) is 2.61. The number of piperidine rings is 1. The molecule has 1 amide bonds. The number of benzene rings is 1. The Morgan fingerprint density at radius 2 is 2.21 bits per heavy atom. The summed E-state index contributed by atoms with van der Waals surface area (Å²) in [6.45, 7) is 5.09. The van der Waals surface area contributed by atoms with Gasteiger partial charge in [-0.3, -0.25) is 4.79 Å². The lowest BCUT2D eigenvalue weighted by atomic mass is 9.92. The zero-order chi connectivity index (χ0) is 13.8. The Labute approximate surface area is 123 Å². The van der Waals surface area contributed by atoms with Crippen LogP contribution in [0.2, 0.25) is 0 Å². The summed E-state index contributed by atoms with van der Waals surface area (Å²) in [5.74, 6) is 0.510. The second-order valence-corrected chi connectivity index (χ2v) is 6.16. The molecule has 19 heavy (non-hydrogen) atoms. The topological polar surface area (TPSA) is 41.1 Å². The van der Waals surface area contributed by atoms with E-state index in [2.05, 4.69) is 33.5 Å². The predicted octanol–water partition coefficient (Wildman–Crippen LogP) is 3.01. The number of carbonyl (C=O) groups excluding carboxylic acids is 1. The standard InChI is InChI=1S/C15H21BrN2O/c1-10-6-5-9-17-14(10)15(19)18-11(2)12-7-3-4-8-13(12)16/h3-4,7-8,10-11,14,17H,5-6,9H2,1-2H3,(H,18,19)/t10?,11-,14?/m0/s1. The lowest BCUT2D eigenvalue weighted by Gasteiger charge is -2.30. The van der Waals surface area contributed by atoms with Crippen molar-refractivity contribution < 1.29 is 4.79 Å². The van der Waals surface area contributed by atoms with E-state index in [-0.39, 0.29) is 18.0 Å². The maximum Gasteiger partial charge on any atom is 0.237 e. The molecular formula is C15H21BrN2O. The summed E-state index contributed by atoms with van der Waals surface area (Å²) >= 11 is 3.53. The van der Waals surface area contributed by atoms with Crippen LogP contribution in [0.5, 0.6) is 0 Å². The smallest absolute Gasteiger partial charge is 0.237 e. The van der Waals surface area contributed by atoms with Crippen LogP contribution in [0.15, 0.2) is 28.7 Å². The van der Waals surface area contributed by atoms with Crippen molar-refractivity contribution in [3.63, 3.8) is 0 Å². The highest BCUT2D eigenvalue weighted by Gasteiger charge is 2.28. The molecular weight excluding hydrogens is 304 g/mol. The summed E-state index contributed by atoms with van der Waals surface area (Å²) in [6, 6.07) is 7.96. The molecule has 104 valence electrons. The van der Waals surface area contributed by atoms with Crippen molar-refractivity contribution in [1.82, 2.24) is 10.6 Å². The second-order valence-electron chi connectivity index (χ2n) is 5.30. The van der Waals surface area contributed by atoms with E-state index in [1.165, 1.54) is 0 Å². The number of amides is 1. The van der Waals surface area contributed by atoms with Gasteiger partial charge in [0.15, 0.2) is 0 Å². The van der Waals surface area contributed by atoms with E-state index in [9.17, 15) is 4.79 Å². The average molecular weight is 325 g/mol. The van der Waals surface area contributed by atoms with Gasteiger partial charge >= 0.3 is 0 Å². The quantitative estimate of drug-likeness (QED) is 0.897. The van der Waals surface area contributed by atoms with Gasteiger partial charge in [0.1, 0.15) is 0 Å². The summed E-state index contributed by atoms with van der Waals surface area (Å²) in [7, 11) is 0. The first kappa shape index (κ1) is 14.5. The van der Waals surface area contributed by atoms with E-state index in [4.69, 9.17) is 0 Å². The third-order valence-electron chi connectivity index (χ3n) is 3.78. The summed E-state index contributed by atoms with van der Waals surface area (Å²) < 4.78 is 1.03. The highest BCUT2D eigenvalue weighted by molar-refractivity contribution is 9.10. The van der Waals surface area contributed by atoms with Crippen LogP contribution in [-0.4, -0.2) is 18.5 Å². The van der Waals surface area contributed by atoms with E-state index in [0.29, 0.717) is 5.92 Å². The number of rotatable bonds is 3. The monoisotopic (exact) mass is 324 g/mol. The van der Waals surface area contributed by atoms with Gasteiger partial charge in [-0.2, -0.15) is 0 Å². The number of hydrogen-bond acceptors (Lipinski definition) is 2.